The van der Waals surface area contributed by atoms with Crippen LogP contribution in [0.25, 0.3) is 0 Å². The minimum atomic E-state index is -0.378. The zero-order valence-corrected chi connectivity index (χ0v) is 14.0. The summed E-state index contributed by atoms with van der Waals surface area (Å²) in [4.78, 5) is 26.2. The number of fused-ring (bicyclic) bond motifs is 1. The number of hydrogen-bond donors (Lipinski definition) is 1. The van der Waals surface area contributed by atoms with Gasteiger partial charge in [0.15, 0.2) is 0 Å². The summed E-state index contributed by atoms with van der Waals surface area (Å²) in [5.74, 6) is -0.144. The summed E-state index contributed by atoms with van der Waals surface area (Å²) >= 11 is 0. The average Bonchev–Trinajstić information content (AvgIpc) is 2.86. The van der Waals surface area contributed by atoms with E-state index in [0.717, 1.165) is 18.4 Å². The molecule has 2 aromatic rings. The zero-order valence-electron chi connectivity index (χ0n) is 14.0. The first-order chi connectivity index (χ1) is 11.6. The Bertz CT molecular complexity index is 742. The Labute approximate surface area is 142 Å². The third-order valence-electron chi connectivity index (χ3n) is 4.51. The molecule has 1 heterocycles. The van der Waals surface area contributed by atoms with Crippen molar-refractivity contribution < 1.29 is 9.59 Å². The van der Waals surface area contributed by atoms with Crippen LogP contribution in [0.2, 0.25) is 0 Å². The van der Waals surface area contributed by atoms with Crippen LogP contribution in [0.3, 0.4) is 0 Å². The molecule has 2 atom stereocenters. The molecule has 0 saturated carbocycles. The minimum Gasteiger partial charge on any atom is -0.332 e. The van der Waals surface area contributed by atoms with Crippen molar-refractivity contribution >= 4 is 11.8 Å². The Balaban J connectivity index is 1.80. The number of amides is 2. The van der Waals surface area contributed by atoms with E-state index in [-0.39, 0.29) is 24.0 Å². The van der Waals surface area contributed by atoms with E-state index in [1.807, 2.05) is 49.4 Å². The number of nitrogens with one attached hydrogen (secondary N) is 1. The first-order valence-electron chi connectivity index (χ1n) is 8.30. The Morgan fingerprint density at radius 1 is 1.12 bits per heavy atom. The van der Waals surface area contributed by atoms with Gasteiger partial charge in [0.05, 0.1) is 0 Å². The second-order valence-corrected chi connectivity index (χ2v) is 6.28. The summed E-state index contributed by atoms with van der Waals surface area (Å²) in [6.07, 6.45) is 1.37. The molecule has 1 N–H and O–H groups in total. The molecule has 0 bridgehead atoms. The van der Waals surface area contributed by atoms with Crippen molar-refractivity contribution in [3.05, 3.63) is 71.3 Å². The highest BCUT2D eigenvalue weighted by Gasteiger charge is 2.39. The first-order valence-corrected chi connectivity index (χ1v) is 8.30. The van der Waals surface area contributed by atoms with Gasteiger partial charge in [0, 0.05) is 24.1 Å². The fourth-order valence-electron chi connectivity index (χ4n) is 3.29. The van der Waals surface area contributed by atoms with Crippen molar-refractivity contribution in [2.45, 2.75) is 38.9 Å². The van der Waals surface area contributed by atoms with Crippen molar-refractivity contribution in [3.63, 3.8) is 0 Å². The van der Waals surface area contributed by atoms with E-state index >= 15 is 0 Å². The Morgan fingerprint density at radius 3 is 2.50 bits per heavy atom. The second-order valence-electron chi connectivity index (χ2n) is 6.28. The highest BCUT2D eigenvalue weighted by atomic mass is 16.2. The molecule has 2 amide bonds. The van der Waals surface area contributed by atoms with Gasteiger partial charge in [-0.25, -0.2) is 0 Å². The van der Waals surface area contributed by atoms with Crippen LogP contribution in [0.4, 0.5) is 0 Å². The molecule has 1 aliphatic heterocycles. The SMILES string of the molecule is CC(=O)N[C@@H]1c2ccccc2C(=O)N1[C@@H](C)CCc1ccccc1. The molecule has 0 fully saturated rings. The molecule has 4 heteroatoms. The molecular formula is C20H22N2O2. The molecule has 0 aromatic heterocycles. The van der Waals surface area contributed by atoms with E-state index in [0.29, 0.717) is 5.56 Å². The molecular weight excluding hydrogens is 300 g/mol. The van der Waals surface area contributed by atoms with Crippen LogP contribution >= 0.6 is 0 Å². The van der Waals surface area contributed by atoms with Gasteiger partial charge < -0.3 is 10.2 Å². The average molecular weight is 322 g/mol. The summed E-state index contributed by atoms with van der Waals surface area (Å²) in [7, 11) is 0. The maximum Gasteiger partial charge on any atom is 0.256 e. The van der Waals surface area contributed by atoms with Crippen molar-refractivity contribution in [1.29, 1.82) is 0 Å². The lowest BCUT2D eigenvalue weighted by atomic mass is 10.0. The highest BCUT2D eigenvalue weighted by Crippen LogP contribution is 2.34. The number of rotatable bonds is 5. The van der Waals surface area contributed by atoms with Crippen LogP contribution in [0.15, 0.2) is 54.6 Å². The van der Waals surface area contributed by atoms with Gasteiger partial charge in [0.25, 0.3) is 5.91 Å². The third-order valence-corrected chi connectivity index (χ3v) is 4.51. The molecule has 0 unspecified atom stereocenters. The Hall–Kier alpha value is -2.62. The standard InChI is InChI=1S/C20H22N2O2/c1-14(12-13-16-8-4-3-5-9-16)22-19(21-15(2)23)17-10-6-7-11-18(17)20(22)24/h3-11,14,19H,12-13H2,1-2H3,(H,21,23)/t14-,19-/m0/s1. The first kappa shape index (κ1) is 16.2. The highest BCUT2D eigenvalue weighted by molar-refractivity contribution is 5.99. The van der Waals surface area contributed by atoms with Crippen LogP contribution in [-0.4, -0.2) is 22.8 Å². The lowest BCUT2D eigenvalue weighted by molar-refractivity contribution is -0.120. The van der Waals surface area contributed by atoms with Crippen molar-refractivity contribution in [2.24, 2.45) is 0 Å². The van der Waals surface area contributed by atoms with E-state index in [1.54, 1.807) is 4.90 Å². The maximum atomic E-state index is 12.8. The topological polar surface area (TPSA) is 49.4 Å². The van der Waals surface area contributed by atoms with Gasteiger partial charge in [-0.15, -0.1) is 0 Å². The molecule has 3 rings (SSSR count). The minimum absolute atomic E-state index is 0.00934. The number of benzene rings is 2. The fourth-order valence-corrected chi connectivity index (χ4v) is 3.29. The second kappa shape index (κ2) is 6.87. The number of carbonyl (C=O) groups excluding carboxylic acids is 2. The van der Waals surface area contributed by atoms with E-state index in [9.17, 15) is 9.59 Å². The molecule has 0 spiro atoms. The van der Waals surface area contributed by atoms with Gasteiger partial charge in [-0.2, -0.15) is 0 Å². The van der Waals surface area contributed by atoms with Crippen LogP contribution in [-0.2, 0) is 11.2 Å². The van der Waals surface area contributed by atoms with Crippen molar-refractivity contribution in [3.8, 4) is 0 Å². The number of hydrogen-bond acceptors (Lipinski definition) is 2. The predicted molar refractivity (Wildman–Crippen MR) is 93.4 cm³/mol. The summed E-state index contributed by atoms with van der Waals surface area (Å²) in [5, 5.41) is 2.92. The smallest absolute Gasteiger partial charge is 0.256 e. The van der Waals surface area contributed by atoms with Gasteiger partial charge in [-0.1, -0.05) is 48.5 Å². The molecule has 1 aliphatic rings. The quantitative estimate of drug-likeness (QED) is 0.918. The van der Waals surface area contributed by atoms with Crippen LogP contribution < -0.4 is 5.32 Å². The molecule has 24 heavy (non-hydrogen) atoms. The van der Waals surface area contributed by atoms with E-state index in [4.69, 9.17) is 0 Å². The van der Waals surface area contributed by atoms with E-state index in [1.165, 1.54) is 12.5 Å². The van der Waals surface area contributed by atoms with Gasteiger partial charge in [0.1, 0.15) is 6.17 Å². The van der Waals surface area contributed by atoms with Gasteiger partial charge in [-0.05, 0) is 31.4 Å². The van der Waals surface area contributed by atoms with Crippen molar-refractivity contribution in [2.75, 3.05) is 0 Å². The van der Waals surface area contributed by atoms with E-state index in [2.05, 4.69) is 17.4 Å². The molecule has 0 aliphatic carbocycles. The number of aryl methyl sites for hydroxylation is 1. The lowest BCUT2D eigenvalue weighted by Gasteiger charge is -2.31. The monoisotopic (exact) mass is 322 g/mol. The van der Waals surface area contributed by atoms with Gasteiger partial charge in [0.2, 0.25) is 5.91 Å². The normalized spacial score (nSPS) is 17.5. The fraction of sp³-hybridized carbons (Fsp3) is 0.300. The van der Waals surface area contributed by atoms with Crippen LogP contribution in [0.5, 0.6) is 0 Å². The summed E-state index contributed by atoms with van der Waals surface area (Å²) in [6, 6.07) is 17.8. The van der Waals surface area contributed by atoms with Gasteiger partial charge in [-0.3, -0.25) is 9.59 Å². The molecule has 124 valence electrons. The van der Waals surface area contributed by atoms with Crippen LogP contribution in [0.1, 0.15) is 47.9 Å². The van der Waals surface area contributed by atoms with Gasteiger partial charge >= 0.3 is 0 Å². The molecule has 0 radical (unpaired) electrons. The predicted octanol–water partition coefficient (Wildman–Crippen LogP) is 3.30. The Kier molecular flexibility index (Phi) is 4.65. The van der Waals surface area contributed by atoms with Crippen LogP contribution in [0, 0.1) is 0 Å². The van der Waals surface area contributed by atoms with E-state index < -0.39 is 0 Å². The lowest BCUT2D eigenvalue weighted by Crippen LogP contribution is -2.43. The summed E-state index contributed by atoms with van der Waals surface area (Å²) < 4.78 is 0. The number of nitrogens with zero attached hydrogens (tertiary/aromatic N) is 1. The third kappa shape index (κ3) is 3.18. The molecule has 2 aromatic carbocycles. The Morgan fingerprint density at radius 2 is 1.79 bits per heavy atom. The van der Waals surface area contributed by atoms with Crippen molar-refractivity contribution in [1.82, 2.24) is 10.2 Å². The molecule has 0 saturated heterocycles. The zero-order chi connectivity index (χ0) is 17.1. The number of carbonyl (C=O) groups is 2. The maximum absolute atomic E-state index is 12.8. The summed E-state index contributed by atoms with van der Waals surface area (Å²) in [5.41, 5.74) is 2.82. The largest absolute Gasteiger partial charge is 0.332 e. The molecule has 4 nitrogen and oxygen atoms in total. The summed E-state index contributed by atoms with van der Waals surface area (Å²) in [6.45, 7) is 3.53.